The van der Waals surface area contributed by atoms with Crippen LogP contribution in [0.2, 0.25) is 0 Å². The van der Waals surface area contributed by atoms with Gasteiger partial charge < -0.3 is 20.4 Å². The lowest BCUT2D eigenvalue weighted by Gasteiger charge is -2.37. The molecule has 0 aliphatic carbocycles. The van der Waals surface area contributed by atoms with Crippen molar-refractivity contribution < 1.29 is 4.74 Å². The number of fused-ring (bicyclic) bond motifs is 1. The normalized spacial score (nSPS) is 24.1. The number of pyridine rings is 1. The topological polar surface area (TPSA) is 67.2 Å². The van der Waals surface area contributed by atoms with Gasteiger partial charge in [-0.05, 0) is 28.4 Å². The van der Waals surface area contributed by atoms with Crippen molar-refractivity contribution in [3.05, 3.63) is 22.9 Å². The number of hydrogen-bond donors (Lipinski definition) is 2. The Balaban J connectivity index is 1.96. The number of anilines is 1. The first kappa shape index (κ1) is 12.9. The van der Waals surface area contributed by atoms with Crippen LogP contribution >= 0.6 is 15.9 Å². The molecule has 2 aromatic rings. The van der Waals surface area contributed by atoms with Gasteiger partial charge in [-0.1, -0.05) is 0 Å². The zero-order valence-electron chi connectivity index (χ0n) is 10.8. The van der Waals surface area contributed by atoms with Crippen LogP contribution in [0, 0.1) is 0 Å². The molecule has 0 spiro atoms. The van der Waals surface area contributed by atoms with Gasteiger partial charge in [0.2, 0.25) is 0 Å². The molecule has 0 saturated carbocycles. The van der Waals surface area contributed by atoms with Crippen LogP contribution in [0.25, 0.3) is 11.0 Å². The van der Waals surface area contributed by atoms with Crippen molar-refractivity contribution in [2.45, 2.75) is 18.6 Å². The molecule has 2 aromatic heterocycles. The maximum absolute atomic E-state index is 6.18. The summed E-state index contributed by atoms with van der Waals surface area (Å²) in [6.45, 7) is 1.73. The summed E-state index contributed by atoms with van der Waals surface area (Å²) in [7, 11) is 1.73. The van der Waals surface area contributed by atoms with Crippen molar-refractivity contribution >= 4 is 32.7 Å². The number of rotatable bonds is 2. The molecule has 0 radical (unpaired) electrons. The number of ether oxygens (including phenoxy) is 1. The van der Waals surface area contributed by atoms with Gasteiger partial charge in [-0.2, -0.15) is 0 Å². The minimum atomic E-state index is 0.0350. The summed E-state index contributed by atoms with van der Waals surface area (Å²) < 4.78 is 6.41. The molecule has 0 unspecified atom stereocenters. The molecule has 1 aliphatic rings. The maximum Gasteiger partial charge on any atom is 0.139 e. The Morgan fingerprint density at radius 2 is 2.42 bits per heavy atom. The van der Waals surface area contributed by atoms with E-state index in [9.17, 15) is 0 Å². The molecule has 0 amide bonds. The number of methoxy groups -OCH3 is 1. The largest absolute Gasteiger partial charge is 0.380 e. The first-order chi connectivity index (χ1) is 9.20. The molecule has 3 rings (SSSR count). The van der Waals surface area contributed by atoms with Crippen LogP contribution in [0.1, 0.15) is 6.42 Å². The minimum absolute atomic E-state index is 0.0350. The van der Waals surface area contributed by atoms with Gasteiger partial charge in [-0.3, -0.25) is 0 Å². The van der Waals surface area contributed by atoms with Crippen molar-refractivity contribution in [3.63, 3.8) is 0 Å². The molecule has 1 fully saturated rings. The van der Waals surface area contributed by atoms with E-state index in [4.69, 9.17) is 10.5 Å². The highest BCUT2D eigenvalue weighted by atomic mass is 79.9. The molecular weight excluding hydrogens is 308 g/mol. The summed E-state index contributed by atoms with van der Waals surface area (Å²) in [5, 5.41) is 1.12. The van der Waals surface area contributed by atoms with E-state index in [-0.39, 0.29) is 12.1 Å². The first-order valence-electron chi connectivity index (χ1n) is 6.35. The molecular formula is C13H17BrN4O. The van der Waals surface area contributed by atoms with E-state index in [1.54, 1.807) is 7.11 Å². The molecule has 2 atom stereocenters. The van der Waals surface area contributed by atoms with Crippen molar-refractivity contribution in [2.75, 3.05) is 25.1 Å². The average Bonchev–Trinajstić information content (AvgIpc) is 2.86. The van der Waals surface area contributed by atoms with E-state index >= 15 is 0 Å². The van der Waals surface area contributed by atoms with Crippen LogP contribution in [-0.2, 0) is 4.74 Å². The summed E-state index contributed by atoms with van der Waals surface area (Å²) in [6.07, 6.45) is 4.84. The Morgan fingerprint density at radius 3 is 3.16 bits per heavy atom. The van der Waals surface area contributed by atoms with Gasteiger partial charge in [-0.15, -0.1) is 0 Å². The van der Waals surface area contributed by atoms with Gasteiger partial charge in [0.05, 0.1) is 16.3 Å². The number of nitrogens with two attached hydrogens (primary N) is 1. The third kappa shape index (κ3) is 2.24. The summed E-state index contributed by atoms with van der Waals surface area (Å²) in [6, 6.07) is 2.09. The molecule has 3 heterocycles. The van der Waals surface area contributed by atoms with Crippen molar-refractivity contribution in [1.82, 2.24) is 9.97 Å². The van der Waals surface area contributed by atoms with Gasteiger partial charge in [0.15, 0.2) is 0 Å². The Hall–Kier alpha value is -1.11. The molecule has 6 heteroatoms. The third-order valence-corrected chi connectivity index (χ3v) is 4.31. The second kappa shape index (κ2) is 5.11. The Bertz CT molecular complexity index is 585. The molecule has 1 aliphatic heterocycles. The highest BCUT2D eigenvalue weighted by Crippen LogP contribution is 2.34. The number of nitrogens with one attached hydrogen (secondary N) is 1. The average molecular weight is 325 g/mol. The van der Waals surface area contributed by atoms with Gasteiger partial charge in [-0.25, -0.2) is 4.98 Å². The number of H-pyrrole nitrogens is 1. The zero-order valence-corrected chi connectivity index (χ0v) is 12.4. The zero-order chi connectivity index (χ0) is 13.4. The summed E-state index contributed by atoms with van der Waals surface area (Å²) in [5.74, 6) is 0. The molecule has 19 heavy (non-hydrogen) atoms. The van der Waals surface area contributed by atoms with E-state index < -0.39 is 0 Å². The van der Waals surface area contributed by atoms with Crippen molar-refractivity contribution in [1.29, 1.82) is 0 Å². The molecule has 102 valence electrons. The van der Waals surface area contributed by atoms with Crippen LogP contribution in [0.4, 0.5) is 5.69 Å². The van der Waals surface area contributed by atoms with E-state index in [0.717, 1.165) is 40.7 Å². The molecule has 3 N–H and O–H groups in total. The number of hydrogen-bond acceptors (Lipinski definition) is 4. The van der Waals surface area contributed by atoms with E-state index in [1.165, 1.54) is 0 Å². The third-order valence-electron chi connectivity index (χ3n) is 3.72. The lowest BCUT2D eigenvalue weighted by molar-refractivity contribution is 0.0665. The quantitative estimate of drug-likeness (QED) is 0.885. The lowest BCUT2D eigenvalue weighted by Crippen LogP contribution is -2.52. The fourth-order valence-electron chi connectivity index (χ4n) is 2.75. The monoisotopic (exact) mass is 324 g/mol. The second-order valence-corrected chi connectivity index (χ2v) is 5.72. The maximum atomic E-state index is 6.18. The summed E-state index contributed by atoms with van der Waals surface area (Å²) in [5.41, 5.74) is 8.25. The number of nitrogens with zero attached hydrogens (tertiary/aromatic N) is 2. The van der Waals surface area contributed by atoms with E-state index in [2.05, 4.69) is 36.9 Å². The predicted molar refractivity (Wildman–Crippen MR) is 79.4 cm³/mol. The number of halogens is 1. The highest BCUT2D eigenvalue weighted by molar-refractivity contribution is 9.10. The number of aromatic nitrogens is 2. The number of piperidine rings is 1. The summed E-state index contributed by atoms with van der Waals surface area (Å²) in [4.78, 5) is 9.81. The van der Waals surface area contributed by atoms with E-state index in [1.807, 2.05) is 12.4 Å². The van der Waals surface area contributed by atoms with Crippen LogP contribution in [0.5, 0.6) is 0 Å². The summed E-state index contributed by atoms with van der Waals surface area (Å²) >= 11 is 3.60. The van der Waals surface area contributed by atoms with Crippen molar-refractivity contribution in [3.8, 4) is 0 Å². The SMILES string of the molecule is CO[C@H]1CCN(c2c(Br)cnc3[nH]ccc23)C[C@@H]1N. The molecule has 5 nitrogen and oxygen atoms in total. The standard InChI is InChI=1S/C13H17BrN4O/c1-19-11-3-5-18(7-10(11)15)12-8-2-4-16-13(8)17-6-9(12)14/h2,4,6,10-11H,3,5,7,15H2,1H3,(H,16,17)/t10-,11-/m0/s1. The fraction of sp³-hybridized carbons (Fsp3) is 0.462. The van der Waals surface area contributed by atoms with Crippen LogP contribution < -0.4 is 10.6 Å². The van der Waals surface area contributed by atoms with Crippen molar-refractivity contribution in [2.24, 2.45) is 5.73 Å². The molecule has 1 saturated heterocycles. The van der Waals surface area contributed by atoms with Gasteiger partial charge in [0.1, 0.15) is 5.65 Å². The molecule has 0 bridgehead atoms. The smallest absolute Gasteiger partial charge is 0.139 e. The van der Waals surface area contributed by atoms with Crippen LogP contribution in [0.15, 0.2) is 22.9 Å². The van der Waals surface area contributed by atoms with Crippen LogP contribution in [-0.4, -0.2) is 42.3 Å². The van der Waals surface area contributed by atoms with Crippen LogP contribution in [0.3, 0.4) is 0 Å². The number of aromatic amines is 1. The van der Waals surface area contributed by atoms with E-state index in [0.29, 0.717) is 0 Å². The molecule has 0 aromatic carbocycles. The Labute approximate surface area is 120 Å². The Morgan fingerprint density at radius 1 is 1.58 bits per heavy atom. The van der Waals surface area contributed by atoms with Gasteiger partial charge in [0, 0.05) is 44.0 Å². The fourth-order valence-corrected chi connectivity index (χ4v) is 3.31. The van der Waals surface area contributed by atoms with Gasteiger partial charge in [0.25, 0.3) is 0 Å². The second-order valence-electron chi connectivity index (χ2n) is 4.87. The van der Waals surface area contributed by atoms with Gasteiger partial charge >= 0.3 is 0 Å². The lowest BCUT2D eigenvalue weighted by atomic mass is 10.0. The predicted octanol–water partition coefficient (Wildman–Crippen LogP) is 1.88. The highest BCUT2D eigenvalue weighted by Gasteiger charge is 2.28. The first-order valence-corrected chi connectivity index (χ1v) is 7.15. The Kier molecular flexibility index (Phi) is 3.47. The minimum Gasteiger partial charge on any atom is -0.380 e.